The lowest BCUT2D eigenvalue weighted by molar-refractivity contribution is -0.192. The smallest absolute Gasteiger partial charge is 0.303 e. The summed E-state index contributed by atoms with van der Waals surface area (Å²) in [6, 6.07) is 0. The summed E-state index contributed by atoms with van der Waals surface area (Å²) in [6.07, 6.45) is -5.52. The summed E-state index contributed by atoms with van der Waals surface area (Å²) >= 11 is 0. The van der Waals surface area contributed by atoms with Gasteiger partial charge in [0.15, 0.2) is 24.1 Å². The van der Waals surface area contributed by atoms with Crippen LogP contribution < -0.4 is 0 Å². The number of aliphatic hydroxyl groups is 1. The molecule has 0 radical (unpaired) electrons. The van der Waals surface area contributed by atoms with Crippen LogP contribution in [0, 0.1) is 0 Å². The van der Waals surface area contributed by atoms with Crippen molar-refractivity contribution in [1.29, 1.82) is 0 Å². The molecule has 0 aliphatic carbocycles. The van der Waals surface area contributed by atoms with Crippen molar-refractivity contribution in [3.8, 4) is 0 Å². The van der Waals surface area contributed by atoms with E-state index in [1.165, 1.54) is 6.92 Å². The van der Waals surface area contributed by atoms with Gasteiger partial charge in [-0.1, -0.05) is 0 Å². The van der Waals surface area contributed by atoms with E-state index >= 15 is 0 Å². The highest BCUT2D eigenvalue weighted by molar-refractivity contribution is 5.84. The van der Waals surface area contributed by atoms with Crippen molar-refractivity contribution in [3.05, 3.63) is 0 Å². The molecule has 0 spiro atoms. The molecule has 0 aromatic heterocycles. The van der Waals surface area contributed by atoms with Gasteiger partial charge in [0.05, 0.1) is 6.10 Å². The maximum absolute atomic E-state index is 11.6. The first kappa shape index (κ1) is 19.0. The fourth-order valence-electron chi connectivity index (χ4n) is 1.68. The van der Waals surface area contributed by atoms with E-state index in [9.17, 15) is 24.3 Å². The third-order valence-corrected chi connectivity index (χ3v) is 2.40. The van der Waals surface area contributed by atoms with E-state index < -0.39 is 48.1 Å². The molecule has 120 valence electrons. The molecule has 21 heavy (non-hydrogen) atoms. The molecule has 8 heteroatoms. The Hall–Kier alpha value is -1.96. The Morgan fingerprint density at radius 2 is 1.14 bits per heavy atom. The number of ketones is 1. The highest BCUT2D eigenvalue weighted by Crippen LogP contribution is 2.18. The molecule has 4 atom stereocenters. The van der Waals surface area contributed by atoms with Gasteiger partial charge in [-0.05, 0) is 13.8 Å². The predicted molar refractivity (Wildman–Crippen MR) is 69.0 cm³/mol. The summed E-state index contributed by atoms with van der Waals surface area (Å²) in [6.45, 7) is 5.65. The van der Waals surface area contributed by atoms with Crippen molar-refractivity contribution in [3.63, 3.8) is 0 Å². The number of esters is 3. The summed E-state index contributed by atoms with van der Waals surface area (Å²) in [5.41, 5.74) is 0. The molecule has 0 fully saturated rings. The molecular weight excluding hydrogens is 284 g/mol. The van der Waals surface area contributed by atoms with Gasteiger partial charge in [-0.15, -0.1) is 0 Å². The van der Waals surface area contributed by atoms with Crippen LogP contribution in [0.3, 0.4) is 0 Å². The zero-order valence-electron chi connectivity index (χ0n) is 12.6. The second-order valence-electron chi connectivity index (χ2n) is 4.53. The van der Waals surface area contributed by atoms with E-state index in [1.54, 1.807) is 0 Å². The van der Waals surface area contributed by atoms with Crippen LogP contribution in [-0.2, 0) is 33.4 Å². The lowest BCUT2D eigenvalue weighted by Crippen LogP contribution is -2.52. The van der Waals surface area contributed by atoms with Crippen LogP contribution in [0.2, 0.25) is 0 Å². The van der Waals surface area contributed by atoms with Gasteiger partial charge in [-0.25, -0.2) is 0 Å². The minimum absolute atomic E-state index is 0.616. The molecular formula is C13H20O8. The van der Waals surface area contributed by atoms with Crippen molar-refractivity contribution >= 4 is 23.7 Å². The summed E-state index contributed by atoms with van der Waals surface area (Å²) < 4.78 is 14.6. The molecule has 0 aliphatic heterocycles. The molecule has 0 heterocycles. The number of Topliss-reactive ketones (excluding diaryl/α,β-unsaturated/α-hetero) is 1. The van der Waals surface area contributed by atoms with Crippen LogP contribution in [0.15, 0.2) is 0 Å². The summed E-state index contributed by atoms with van der Waals surface area (Å²) in [7, 11) is 0. The molecule has 0 aromatic carbocycles. The summed E-state index contributed by atoms with van der Waals surface area (Å²) in [4.78, 5) is 45.0. The molecule has 0 rings (SSSR count). The summed E-state index contributed by atoms with van der Waals surface area (Å²) in [5, 5.41) is 9.69. The van der Waals surface area contributed by atoms with Crippen molar-refractivity contribution in [2.45, 2.75) is 59.0 Å². The Morgan fingerprint density at radius 3 is 1.43 bits per heavy atom. The number of rotatable bonds is 7. The quantitative estimate of drug-likeness (QED) is 0.505. The summed E-state index contributed by atoms with van der Waals surface area (Å²) in [5.74, 6) is -2.92. The highest BCUT2D eigenvalue weighted by atomic mass is 16.6. The fraction of sp³-hybridized carbons (Fsp3) is 0.692. The zero-order chi connectivity index (χ0) is 16.7. The van der Waals surface area contributed by atoms with Gasteiger partial charge in [-0.3, -0.25) is 19.2 Å². The lowest BCUT2D eigenvalue weighted by atomic mass is 10.0. The van der Waals surface area contributed by atoms with Gasteiger partial charge in [0.1, 0.15) is 0 Å². The molecule has 0 aliphatic rings. The van der Waals surface area contributed by atoms with Crippen molar-refractivity contribution in [2.75, 3.05) is 0 Å². The van der Waals surface area contributed by atoms with Crippen LogP contribution >= 0.6 is 0 Å². The first-order valence-electron chi connectivity index (χ1n) is 6.26. The second-order valence-corrected chi connectivity index (χ2v) is 4.53. The zero-order valence-corrected chi connectivity index (χ0v) is 12.6. The SMILES string of the molecule is CC(=O)O[C@H]([C@H](OC(C)=O)[C@@H](OC(C)=O)C(C)=O)[C@@H](C)O. The molecule has 0 aromatic rings. The van der Waals surface area contributed by atoms with E-state index in [2.05, 4.69) is 0 Å². The normalized spacial score (nSPS) is 16.1. The topological polar surface area (TPSA) is 116 Å². The second kappa shape index (κ2) is 8.35. The van der Waals surface area contributed by atoms with Gasteiger partial charge in [0, 0.05) is 20.8 Å². The number of ether oxygens (including phenoxy) is 3. The van der Waals surface area contributed by atoms with Gasteiger partial charge in [0.2, 0.25) is 0 Å². The van der Waals surface area contributed by atoms with E-state index in [0.717, 1.165) is 27.7 Å². The van der Waals surface area contributed by atoms with Crippen molar-refractivity contribution in [2.24, 2.45) is 0 Å². The predicted octanol–water partition coefficient (Wildman–Crippen LogP) is -0.249. The first-order valence-corrected chi connectivity index (χ1v) is 6.26. The fourth-order valence-corrected chi connectivity index (χ4v) is 1.68. The average molecular weight is 304 g/mol. The molecule has 0 amide bonds. The highest BCUT2D eigenvalue weighted by Gasteiger charge is 2.41. The van der Waals surface area contributed by atoms with Crippen LogP contribution in [0.25, 0.3) is 0 Å². The number of carbonyl (C=O) groups excluding carboxylic acids is 4. The molecule has 0 bridgehead atoms. The van der Waals surface area contributed by atoms with Gasteiger partial charge in [-0.2, -0.15) is 0 Å². The maximum atomic E-state index is 11.6. The van der Waals surface area contributed by atoms with Gasteiger partial charge >= 0.3 is 17.9 Å². The number of hydrogen-bond acceptors (Lipinski definition) is 8. The Morgan fingerprint density at radius 1 is 0.762 bits per heavy atom. The largest absolute Gasteiger partial charge is 0.456 e. The van der Waals surface area contributed by atoms with Crippen LogP contribution in [-0.4, -0.2) is 53.2 Å². The number of carbonyl (C=O) groups is 4. The van der Waals surface area contributed by atoms with Crippen LogP contribution in [0.4, 0.5) is 0 Å². The monoisotopic (exact) mass is 304 g/mol. The van der Waals surface area contributed by atoms with E-state index in [-0.39, 0.29) is 0 Å². The van der Waals surface area contributed by atoms with E-state index in [1.807, 2.05) is 0 Å². The number of hydrogen-bond donors (Lipinski definition) is 1. The first-order chi connectivity index (χ1) is 9.56. The standard InChI is InChI=1S/C13H20O8/c1-6(14)11(19-8(3)16)13(21-10(5)18)12(7(2)15)20-9(4)17/h6,11-14H,1-5H3/t6-,11+,12+,13+/m1/s1. The van der Waals surface area contributed by atoms with Gasteiger partial charge < -0.3 is 19.3 Å². The minimum Gasteiger partial charge on any atom is -0.456 e. The van der Waals surface area contributed by atoms with Crippen molar-refractivity contribution in [1.82, 2.24) is 0 Å². The Balaban J connectivity index is 5.55. The molecule has 0 unspecified atom stereocenters. The average Bonchev–Trinajstić information content (AvgIpc) is 2.29. The minimum atomic E-state index is -1.48. The van der Waals surface area contributed by atoms with Crippen LogP contribution in [0.5, 0.6) is 0 Å². The third-order valence-electron chi connectivity index (χ3n) is 2.40. The van der Waals surface area contributed by atoms with E-state index in [4.69, 9.17) is 14.2 Å². The molecule has 0 saturated carbocycles. The Kier molecular flexibility index (Phi) is 7.57. The molecule has 1 N–H and O–H groups in total. The van der Waals surface area contributed by atoms with Crippen LogP contribution in [0.1, 0.15) is 34.6 Å². The van der Waals surface area contributed by atoms with Crippen molar-refractivity contribution < 1.29 is 38.5 Å². The lowest BCUT2D eigenvalue weighted by Gasteiger charge is -2.32. The third kappa shape index (κ3) is 6.84. The Bertz CT molecular complexity index is 414. The maximum Gasteiger partial charge on any atom is 0.303 e. The number of aliphatic hydroxyl groups excluding tert-OH is 1. The molecule has 0 saturated heterocycles. The Labute approximate surface area is 122 Å². The van der Waals surface area contributed by atoms with Gasteiger partial charge in [0.25, 0.3) is 0 Å². The molecule has 8 nitrogen and oxygen atoms in total. The van der Waals surface area contributed by atoms with E-state index in [0.29, 0.717) is 0 Å².